The maximum absolute atomic E-state index is 6.31. The summed E-state index contributed by atoms with van der Waals surface area (Å²) in [7, 11) is 4.19. The molecule has 1 aliphatic heterocycles. The van der Waals surface area contributed by atoms with Crippen LogP contribution in [-0.2, 0) is 13.0 Å². The topological polar surface area (TPSA) is 76.1 Å². The summed E-state index contributed by atoms with van der Waals surface area (Å²) in [5, 5.41) is 12.9. The second-order valence-electron chi connectivity index (χ2n) is 6.08. The molecule has 0 fully saturated rings. The number of nitrogens with two attached hydrogens (primary N) is 1. The number of anilines is 1. The Balaban J connectivity index is 0.00000144. The van der Waals surface area contributed by atoms with E-state index in [-0.39, 0.29) is 24.8 Å². The Hall–Kier alpha value is -1.41. The van der Waals surface area contributed by atoms with Gasteiger partial charge in [-0.15, -0.1) is 29.9 Å². The van der Waals surface area contributed by atoms with Crippen LogP contribution in [0.4, 0.5) is 5.82 Å². The van der Waals surface area contributed by atoms with E-state index in [1.165, 1.54) is 0 Å². The van der Waals surface area contributed by atoms with E-state index in [1.54, 1.807) is 4.68 Å². The molecular weight excluding hydrogens is 349 g/mol. The summed E-state index contributed by atoms with van der Waals surface area (Å²) < 4.78 is 1.71. The Labute approximate surface area is 155 Å². The molecule has 2 aromatic heterocycles. The lowest BCUT2D eigenvalue weighted by Crippen LogP contribution is -2.35. The van der Waals surface area contributed by atoms with E-state index in [1.807, 2.05) is 19.1 Å². The number of rotatable bonds is 4. The highest BCUT2D eigenvalue weighted by atomic mass is 35.5. The fourth-order valence-electron chi connectivity index (χ4n) is 2.66. The fraction of sp³-hybridized carbons (Fsp3) is 0.533. The lowest BCUT2D eigenvalue weighted by atomic mass is 10.1. The molecule has 0 saturated carbocycles. The van der Waals surface area contributed by atoms with Gasteiger partial charge in [0.25, 0.3) is 0 Å². The number of nitrogen functional groups attached to an aromatic ring is 1. The van der Waals surface area contributed by atoms with Crippen LogP contribution in [0.2, 0.25) is 0 Å². The third kappa shape index (κ3) is 4.36. The van der Waals surface area contributed by atoms with Gasteiger partial charge < -0.3 is 10.6 Å². The van der Waals surface area contributed by atoms with Crippen molar-refractivity contribution >= 4 is 30.6 Å². The molecule has 2 aromatic rings. The van der Waals surface area contributed by atoms with Crippen LogP contribution >= 0.6 is 24.8 Å². The maximum atomic E-state index is 6.31. The van der Waals surface area contributed by atoms with Crippen molar-refractivity contribution in [2.24, 2.45) is 0 Å². The van der Waals surface area contributed by atoms with Gasteiger partial charge in [-0.3, -0.25) is 4.90 Å². The summed E-state index contributed by atoms with van der Waals surface area (Å²) >= 11 is 0. The van der Waals surface area contributed by atoms with Crippen molar-refractivity contribution in [2.45, 2.75) is 19.9 Å². The minimum absolute atomic E-state index is 0. The monoisotopic (exact) mass is 373 g/mol. The van der Waals surface area contributed by atoms with E-state index >= 15 is 0 Å². The number of aryl methyl sites for hydroxylation is 1. The number of fused-ring (bicyclic) bond motifs is 1. The first-order valence-electron chi connectivity index (χ1n) is 7.58. The molecule has 9 heteroatoms. The SMILES string of the molecule is Cc1ccc(-n2nc3c(c2N)CN(CCN(C)C)CC3)nn1.Cl.Cl. The number of halogens is 2. The van der Waals surface area contributed by atoms with E-state index in [2.05, 4.69) is 39.2 Å². The number of hydrogen-bond acceptors (Lipinski definition) is 6. The van der Waals surface area contributed by atoms with Crippen LogP contribution < -0.4 is 5.73 Å². The minimum atomic E-state index is 0. The first kappa shape index (κ1) is 20.6. The smallest absolute Gasteiger partial charge is 0.178 e. The van der Waals surface area contributed by atoms with Gasteiger partial charge in [-0.1, -0.05) is 0 Å². The quantitative estimate of drug-likeness (QED) is 0.870. The molecule has 1 aliphatic rings. The van der Waals surface area contributed by atoms with Crippen LogP contribution in [0, 0.1) is 6.92 Å². The summed E-state index contributed by atoms with van der Waals surface area (Å²) in [5.41, 5.74) is 9.41. The van der Waals surface area contributed by atoms with Crippen molar-refractivity contribution in [3.05, 3.63) is 29.1 Å². The lowest BCUT2D eigenvalue weighted by Gasteiger charge is -2.27. The van der Waals surface area contributed by atoms with Crippen LogP contribution in [0.5, 0.6) is 0 Å². The van der Waals surface area contributed by atoms with Crippen LogP contribution in [0.25, 0.3) is 5.82 Å². The molecule has 134 valence electrons. The molecular formula is C15H25Cl2N7. The highest BCUT2D eigenvalue weighted by Gasteiger charge is 2.24. The molecule has 24 heavy (non-hydrogen) atoms. The zero-order valence-electron chi connectivity index (χ0n) is 14.3. The highest BCUT2D eigenvalue weighted by Crippen LogP contribution is 2.25. The zero-order valence-corrected chi connectivity index (χ0v) is 15.9. The van der Waals surface area contributed by atoms with Gasteiger partial charge in [0.05, 0.1) is 11.4 Å². The Morgan fingerprint density at radius 2 is 1.96 bits per heavy atom. The largest absolute Gasteiger partial charge is 0.383 e. The molecule has 0 amide bonds. The van der Waals surface area contributed by atoms with Crippen LogP contribution in [0.15, 0.2) is 12.1 Å². The number of aromatic nitrogens is 4. The van der Waals surface area contributed by atoms with E-state index in [4.69, 9.17) is 5.73 Å². The van der Waals surface area contributed by atoms with Gasteiger partial charge in [-0.25, -0.2) is 0 Å². The molecule has 2 N–H and O–H groups in total. The normalized spacial score (nSPS) is 14.0. The van der Waals surface area contributed by atoms with E-state index in [0.29, 0.717) is 11.6 Å². The van der Waals surface area contributed by atoms with Crippen molar-refractivity contribution in [2.75, 3.05) is 39.5 Å². The third-order valence-corrected chi connectivity index (χ3v) is 4.02. The third-order valence-electron chi connectivity index (χ3n) is 4.02. The van der Waals surface area contributed by atoms with Gasteiger partial charge in [-0.05, 0) is 33.2 Å². The standard InChI is InChI=1S/C15H23N7.2ClH/c1-11-4-5-14(18-17-11)22-15(16)12-10-21(9-8-20(2)3)7-6-13(12)19-22;;/h4-5H,6-10,16H2,1-3H3;2*1H. The van der Waals surface area contributed by atoms with E-state index in [0.717, 1.165) is 49.6 Å². The molecule has 0 spiro atoms. The second kappa shape index (κ2) is 8.62. The predicted molar refractivity (Wildman–Crippen MR) is 100 cm³/mol. The van der Waals surface area contributed by atoms with Crippen molar-refractivity contribution in [1.29, 1.82) is 0 Å². The Morgan fingerprint density at radius 1 is 1.21 bits per heavy atom. The summed E-state index contributed by atoms with van der Waals surface area (Å²) in [4.78, 5) is 4.62. The van der Waals surface area contributed by atoms with Gasteiger partial charge in [0.1, 0.15) is 5.82 Å². The van der Waals surface area contributed by atoms with Gasteiger partial charge in [-0.2, -0.15) is 14.9 Å². The molecule has 0 unspecified atom stereocenters. The summed E-state index contributed by atoms with van der Waals surface area (Å²) in [6, 6.07) is 3.83. The van der Waals surface area contributed by atoms with Gasteiger partial charge >= 0.3 is 0 Å². The summed E-state index contributed by atoms with van der Waals surface area (Å²) in [6.45, 7) is 5.89. The first-order chi connectivity index (χ1) is 10.5. The molecule has 0 bridgehead atoms. The Kier molecular flexibility index (Phi) is 7.41. The summed E-state index contributed by atoms with van der Waals surface area (Å²) in [6.07, 6.45) is 0.930. The molecule has 0 aliphatic carbocycles. The first-order valence-corrected chi connectivity index (χ1v) is 7.58. The molecule has 7 nitrogen and oxygen atoms in total. The predicted octanol–water partition coefficient (Wildman–Crippen LogP) is 1.32. The molecule has 0 saturated heterocycles. The lowest BCUT2D eigenvalue weighted by molar-refractivity contribution is 0.225. The average molecular weight is 374 g/mol. The van der Waals surface area contributed by atoms with Gasteiger partial charge in [0, 0.05) is 38.2 Å². The summed E-state index contributed by atoms with van der Waals surface area (Å²) in [5.74, 6) is 1.36. The number of nitrogens with zero attached hydrogens (tertiary/aromatic N) is 6. The van der Waals surface area contributed by atoms with Crippen molar-refractivity contribution in [3.63, 3.8) is 0 Å². The Bertz CT molecular complexity index is 655. The average Bonchev–Trinajstić information content (AvgIpc) is 2.83. The Morgan fingerprint density at radius 3 is 2.58 bits per heavy atom. The van der Waals surface area contributed by atoms with E-state index < -0.39 is 0 Å². The fourth-order valence-corrected chi connectivity index (χ4v) is 2.66. The second-order valence-corrected chi connectivity index (χ2v) is 6.08. The molecule has 0 radical (unpaired) electrons. The molecule has 0 atom stereocenters. The molecule has 3 rings (SSSR count). The number of likely N-dealkylation sites (N-methyl/N-ethyl adjacent to an activating group) is 1. The van der Waals surface area contributed by atoms with Crippen molar-refractivity contribution in [3.8, 4) is 5.82 Å². The maximum Gasteiger partial charge on any atom is 0.178 e. The van der Waals surface area contributed by atoms with Gasteiger partial charge in [0.2, 0.25) is 0 Å². The molecule has 0 aromatic carbocycles. The van der Waals surface area contributed by atoms with Crippen molar-refractivity contribution in [1.82, 2.24) is 29.8 Å². The van der Waals surface area contributed by atoms with Crippen LogP contribution in [0.1, 0.15) is 17.0 Å². The van der Waals surface area contributed by atoms with E-state index in [9.17, 15) is 0 Å². The van der Waals surface area contributed by atoms with Gasteiger partial charge in [0.15, 0.2) is 5.82 Å². The minimum Gasteiger partial charge on any atom is -0.383 e. The van der Waals surface area contributed by atoms with Crippen molar-refractivity contribution < 1.29 is 0 Å². The molecule has 3 heterocycles. The highest BCUT2D eigenvalue weighted by molar-refractivity contribution is 5.85. The number of hydrogen-bond donors (Lipinski definition) is 1. The zero-order chi connectivity index (χ0) is 15.7. The van der Waals surface area contributed by atoms with Crippen LogP contribution in [-0.4, -0.2) is 63.5 Å². The van der Waals surface area contributed by atoms with Crippen LogP contribution in [0.3, 0.4) is 0 Å².